The third kappa shape index (κ3) is 3.36. The molecule has 0 saturated carbocycles. The molecule has 0 spiro atoms. The number of ether oxygens (including phenoxy) is 2. The highest BCUT2D eigenvalue weighted by molar-refractivity contribution is 5.86. The lowest BCUT2D eigenvalue weighted by Gasteiger charge is -2.36. The Balaban J connectivity index is 2.39. The molecule has 0 bridgehead atoms. The van der Waals surface area contributed by atoms with Crippen molar-refractivity contribution < 1.29 is 18.7 Å². The van der Waals surface area contributed by atoms with Gasteiger partial charge in [-0.15, -0.1) is 0 Å². The predicted octanol–water partition coefficient (Wildman–Crippen LogP) is 0.886. The van der Waals surface area contributed by atoms with Gasteiger partial charge in [0.05, 0.1) is 30.7 Å². The molecule has 1 atom stereocenters. The number of rotatable bonds is 4. The lowest BCUT2D eigenvalue weighted by Crippen LogP contribution is -2.52. The van der Waals surface area contributed by atoms with E-state index in [1.54, 1.807) is 18.7 Å². The number of nitrogens with zero attached hydrogens (tertiary/aromatic N) is 1. The highest BCUT2D eigenvalue weighted by Crippen LogP contribution is 2.33. The third-order valence-corrected chi connectivity index (χ3v) is 3.21. The highest BCUT2D eigenvalue weighted by Gasteiger charge is 2.30. The van der Waals surface area contributed by atoms with Crippen molar-refractivity contribution in [2.24, 2.45) is 5.73 Å². The number of carbonyl (C=O) groups is 1. The molecule has 1 aliphatic heterocycles. The maximum atomic E-state index is 13.9. The fraction of sp³-hybridized carbons (Fsp3) is 0.500. The summed E-state index contributed by atoms with van der Waals surface area (Å²) in [5, 5.41) is 0. The number of hydrogen-bond donors (Lipinski definition) is 2. The van der Waals surface area contributed by atoms with Crippen molar-refractivity contribution in [2.75, 3.05) is 30.4 Å². The summed E-state index contributed by atoms with van der Waals surface area (Å²) in [6.45, 7) is 4.69. The Kier molecular flexibility index (Phi) is 4.52. The van der Waals surface area contributed by atoms with Crippen molar-refractivity contribution in [2.45, 2.75) is 26.0 Å². The van der Waals surface area contributed by atoms with Crippen LogP contribution in [0.1, 0.15) is 13.8 Å². The number of halogens is 1. The standard InChI is InChI=1S/C14H20FN3O3/c1-8(2)21-13-6-11(10(16)5-9(13)15)18-3-4-20-7-12(18)14(17)19/h5-6,8,12H,3-4,7,16H2,1-2H3,(H2,17,19). The zero-order valence-corrected chi connectivity index (χ0v) is 12.1. The van der Waals surface area contributed by atoms with Crippen LogP contribution >= 0.6 is 0 Å². The average Bonchev–Trinajstić information content (AvgIpc) is 2.41. The Hall–Kier alpha value is -2.02. The number of nitrogen functional groups attached to an aromatic ring is 1. The van der Waals surface area contributed by atoms with Crippen LogP contribution in [0, 0.1) is 5.82 Å². The number of primary amides is 1. The summed E-state index contributed by atoms with van der Waals surface area (Å²) in [6.07, 6.45) is -0.174. The van der Waals surface area contributed by atoms with Crippen LogP contribution < -0.4 is 21.1 Å². The fourth-order valence-electron chi connectivity index (χ4n) is 2.28. The summed E-state index contributed by atoms with van der Waals surface area (Å²) >= 11 is 0. The van der Waals surface area contributed by atoms with Crippen molar-refractivity contribution in [3.8, 4) is 5.75 Å². The monoisotopic (exact) mass is 297 g/mol. The number of amides is 1. The lowest BCUT2D eigenvalue weighted by molar-refractivity contribution is -0.121. The molecule has 1 heterocycles. The van der Waals surface area contributed by atoms with Gasteiger partial charge in [0.25, 0.3) is 0 Å². The molecule has 1 amide bonds. The summed E-state index contributed by atoms with van der Waals surface area (Å²) in [5.74, 6) is -0.942. The van der Waals surface area contributed by atoms with Gasteiger partial charge in [0.15, 0.2) is 11.6 Å². The van der Waals surface area contributed by atoms with E-state index in [4.69, 9.17) is 20.9 Å². The van der Waals surface area contributed by atoms with E-state index in [9.17, 15) is 9.18 Å². The van der Waals surface area contributed by atoms with Gasteiger partial charge in [0, 0.05) is 18.7 Å². The number of hydrogen-bond acceptors (Lipinski definition) is 5. The minimum Gasteiger partial charge on any atom is -0.488 e. The molecule has 0 aromatic heterocycles. The van der Waals surface area contributed by atoms with Gasteiger partial charge in [-0.25, -0.2) is 4.39 Å². The quantitative estimate of drug-likeness (QED) is 0.805. The van der Waals surface area contributed by atoms with Gasteiger partial charge in [0.1, 0.15) is 6.04 Å². The zero-order chi connectivity index (χ0) is 15.6. The van der Waals surface area contributed by atoms with E-state index in [0.29, 0.717) is 18.8 Å². The van der Waals surface area contributed by atoms with E-state index in [0.717, 1.165) is 0 Å². The maximum absolute atomic E-state index is 13.9. The molecule has 1 fully saturated rings. The molecular formula is C14H20FN3O3. The summed E-state index contributed by atoms with van der Waals surface area (Å²) in [7, 11) is 0. The van der Waals surface area contributed by atoms with E-state index in [1.165, 1.54) is 12.1 Å². The summed E-state index contributed by atoms with van der Waals surface area (Å²) < 4.78 is 24.6. The summed E-state index contributed by atoms with van der Waals surface area (Å²) in [6, 6.07) is 2.07. The van der Waals surface area contributed by atoms with Crippen LogP contribution in [0.15, 0.2) is 12.1 Å². The molecule has 0 aliphatic carbocycles. The van der Waals surface area contributed by atoms with E-state index < -0.39 is 17.8 Å². The molecule has 116 valence electrons. The van der Waals surface area contributed by atoms with Crippen molar-refractivity contribution >= 4 is 17.3 Å². The zero-order valence-electron chi connectivity index (χ0n) is 12.1. The second-order valence-corrected chi connectivity index (χ2v) is 5.19. The normalized spacial score (nSPS) is 18.9. The van der Waals surface area contributed by atoms with Crippen molar-refractivity contribution in [1.82, 2.24) is 0 Å². The first-order valence-corrected chi connectivity index (χ1v) is 6.79. The topological polar surface area (TPSA) is 90.8 Å². The second-order valence-electron chi connectivity index (χ2n) is 5.19. The first-order valence-electron chi connectivity index (χ1n) is 6.79. The van der Waals surface area contributed by atoms with Crippen LogP contribution in [0.4, 0.5) is 15.8 Å². The second kappa shape index (κ2) is 6.17. The first-order chi connectivity index (χ1) is 9.90. The van der Waals surface area contributed by atoms with Crippen molar-refractivity contribution in [1.29, 1.82) is 0 Å². The number of nitrogens with two attached hydrogens (primary N) is 2. The molecule has 2 rings (SSSR count). The van der Waals surface area contributed by atoms with Gasteiger partial charge in [-0.05, 0) is 13.8 Å². The van der Waals surface area contributed by atoms with Crippen LogP contribution in [0.25, 0.3) is 0 Å². The molecule has 21 heavy (non-hydrogen) atoms. The minimum absolute atomic E-state index is 0.101. The number of morpholine rings is 1. The molecule has 6 nitrogen and oxygen atoms in total. The summed E-state index contributed by atoms with van der Waals surface area (Å²) in [4.78, 5) is 13.3. The fourth-order valence-corrected chi connectivity index (χ4v) is 2.28. The number of anilines is 2. The number of benzene rings is 1. The van der Waals surface area contributed by atoms with Crippen LogP contribution in [0.5, 0.6) is 5.75 Å². The Morgan fingerprint density at radius 3 is 2.86 bits per heavy atom. The predicted molar refractivity (Wildman–Crippen MR) is 77.7 cm³/mol. The molecule has 4 N–H and O–H groups in total. The van der Waals surface area contributed by atoms with Crippen LogP contribution in [0.2, 0.25) is 0 Å². The molecule has 1 saturated heterocycles. The van der Waals surface area contributed by atoms with Gasteiger partial charge in [-0.3, -0.25) is 4.79 Å². The summed E-state index contributed by atoms with van der Waals surface area (Å²) in [5.41, 5.74) is 12.0. The van der Waals surface area contributed by atoms with Crippen LogP contribution in [-0.4, -0.2) is 37.8 Å². The van der Waals surface area contributed by atoms with E-state index in [-0.39, 0.29) is 24.1 Å². The molecule has 1 aromatic carbocycles. The number of carbonyl (C=O) groups excluding carboxylic acids is 1. The average molecular weight is 297 g/mol. The van der Waals surface area contributed by atoms with Gasteiger partial charge in [0.2, 0.25) is 5.91 Å². The maximum Gasteiger partial charge on any atom is 0.242 e. The molecule has 1 aromatic rings. The van der Waals surface area contributed by atoms with Gasteiger partial charge in [-0.2, -0.15) is 0 Å². The Morgan fingerprint density at radius 1 is 1.52 bits per heavy atom. The molecule has 1 aliphatic rings. The van der Waals surface area contributed by atoms with E-state index in [2.05, 4.69) is 0 Å². The van der Waals surface area contributed by atoms with E-state index >= 15 is 0 Å². The van der Waals surface area contributed by atoms with Gasteiger partial charge >= 0.3 is 0 Å². The molecular weight excluding hydrogens is 277 g/mol. The van der Waals surface area contributed by atoms with Crippen molar-refractivity contribution in [3.63, 3.8) is 0 Å². The SMILES string of the molecule is CC(C)Oc1cc(N2CCOCC2C(N)=O)c(N)cc1F. The van der Waals surface area contributed by atoms with Crippen LogP contribution in [0.3, 0.4) is 0 Å². The van der Waals surface area contributed by atoms with Crippen LogP contribution in [-0.2, 0) is 9.53 Å². The van der Waals surface area contributed by atoms with E-state index in [1.807, 2.05) is 0 Å². The van der Waals surface area contributed by atoms with Gasteiger partial charge < -0.3 is 25.8 Å². The Labute approximate surface area is 122 Å². The third-order valence-electron chi connectivity index (χ3n) is 3.21. The molecule has 1 unspecified atom stereocenters. The molecule has 0 radical (unpaired) electrons. The minimum atomic E-state index is -0.626. The first kappa shape index (κ1) is 15.4. The molecule has 7 heteroatoms. The van der Waals surface area contributed by atoms with Crippen molar-refractivity contribution in [3.05, 3.63) is 17.9 Å². The Bertz CT molecular complexity index is 536. The smallest absolute Gasteiger partial charge is 0.242 e. The lowest BCUT2D eigenvalue weighted by atomic mass is 10.1. The van der Waals surface area contributed by atoms with Gasteiger partial charge in [-0.1, -0.05) is 0 Å². The Morgan fingerprint density at radius 2 is 2.24 bits per heavy atom. The largest absolute Gasteiger partial charge is 0.488 e. The highest BCUT2D eigenvalue weighted by atomic mass is 19.1.